The summed E-state index contributed by atoms with van der Waals surface area (Å²) in [7, 11) is 1.96. The van der Waals surface area contributed by atoms with Gasteiger partial charge in [-0.1, -0.05) is 6.07 Å². The molecule has 0 saturated carbocycles. The Balaban J connectivity index is 1.64. The number of hydrogen-bond donors (Lipinski definition) is 1. The van der Waals surface area contributed by atoms with E-state index in [-0.39, 0.29) is 5.91 Å². The first-order valence-electron chi connectivity index (χ1n) is 7.66. The molecule has 1 fully saturated rings. The molecule has 3 rings (SSSR count). The summed E-state index contributed by atoms with van der Waals surface area (Å²) in [6.45, 7) is 2.43. The fourth-order valence-corrected chi connectivity index (χ4v) is 3.00. The van der Waals surface area contributed by atoms with Crippen molar-refractivity contribution < 1.29 is 9.53 Å². The van der Waals surface area contributed by atoms with E-state index in [0.717, 1.165) is 50.3 Å². The molecule has 1 atom stereocenters. The number of amides is 1. The first kappa shape index (κ1) is 14.1. The number of piperidine rings is 1. The summed E-state index contributed by atoms with van der Waals surface area (Å²) in [6, 6.07) is 6.53. The van der Waals surface area contributed by atoms with E-state index in [1.165, 1.54) is 5.56 Å². The Labute approximate surface area is 125 Å². The third-order valence-corrected chi connectivity index (χ3v) is 4.27. The lowest BCUT2D eigenvalue weighted by atomic mass is 10.1. The smallest absolute Gasteiger partial charge is 0.246 e. The van der Waals surface area contributed by atoms with Crippen LogP contribution in [0.1, 0.15) is 24.0 Å². The SMILES string of the molecule is CNC1CCCN(C(=O)/C=C/c2ccc3c(c2)CCO3)C1. The number of carbonyl (C=O) groups is 1. The highest BCUT2D eigenvalue weighted by atomic mass is 16.5. The molecule has 4 nitrogen and oxygen atoms in total. The van der Waals surface area contributed by atoms with Gasteiger partial charge in [-0.25, -0.2) is 0 Å². The van der Waals surface area contributed by atoms with Crippen molar-refractivity contribution in [1.82, 2.24) is 10.2 Å². The molecule has 1 aromatic rings. The molecule has 1 aromatic carbocycles. The number of nitrogens with zero attached hydrogens (tertiary/aromatic N) is 1. The van der Waals surface area contributed by atoms with Gasteiger partial charge in [0.15, 0.2) is 0 Å². The lowest BCUT2D eigenvalue weighted by Gasteiger charge is -2.31. The number of nitrogens with one attached hydrogen (secondary N) is 1. The Bertz CT molecular complexity index is 554. The predicted octanol–water partition coefficient (Wildman–Crippen LogP) is 1.85. The lowest BCUT2D eigenvalue weighted by molar-refractivity contribution is -0.127. The standard InChI is InChI=1S/C17H22N2O2/c1-18-15-3-2-9-19(12-15)17(20)7-5-13-4-6-16-14(11-13)8-10-21-16/h4-7,11,15,18H,2-3,8-10,12H2,1H3/b7-5+. The molecule has 112 valence electrons. The Kier molecular flexibility index (Phi) is 4.25. The van der Waals surface area contributed by atoms with E-state index in [1.54, 1.807) is 6.08 Å². The molecule has 1 amide bonds. The molecule has 1 N–H and O–H groups in total. The van der Waals surface area contributed by atoms with Crippen LogP contribution in [-0.2, 0) is 11.2 Å². The van der Waals surface area contributed by atoms with E-state index >= 15 is 0 Å². The van der Waals surface area contributed by atoms with Gasteiger partial charge in [-0.3, -0.25) is 4.79 Å². The maximum Gasteiger partial charge on any atom is 0.246 e. The average molecular weight is 286 g/mol. The van der Waals surface area contributed by atoms with Crippen LogP contribution in [0.3, 0.4) is 0 Å². The fraction of sp³-hybridized carbons (Fsp3) is 0.471. The third kappa shape index (κ3) is 3.27. The van der Waals surface area contributed by atoms with Crippen LogP contribution < -0.4 is 10.1 Å². The predicted molar refractivity (Wildman–Crippen MR) is 83.3 cm³/mol. The summed E-state index contributed by atoms with van der Waals surface area (Å²) in [4.78, 5) is 14.2. The van der Waals surface area contributed by atoms with Gasteiger partial charge in [0.05, 0.1) is 6.61 Å². The van der Waals surface area contributed by atoms with E-state index in [9.17, 15) is 4.79 Å². The van der Waals surface area contributed by atoms with Crippen molar-refractivity contribution in [3.8, 4) is 5.75 Å². The first-order chi connectivity index (χ1) is 10.3. The summed E-state index contributed by atoms with van der Waals surface area (Å²) < 4.78 is 5.49. The molecular formula is C17H22N2O2. The molecule has 0 radical (unpaired) electrons. The van der Waals surface area contributed by atoms with Crippen LogP contribution >= 0.6 is 0 Å². The molecule has 0 aliphatic carbocycles. The van der Waals surface area contributed by atoms with Gasteiger partial charge < -0.3 is 15.0 Å². The van der Waals surface area contributed by atoms with Crippen molar-refractivity contribution in [1.29, 1.82) is 0 Å². The zero-order chi connectivity index (χ0) is 14.7. The molecule has 0 spiro atoms. The number of fused-ring (bicyclic) bond motifs is 1. The zero-order valence-electron chi connectivity index (χ0n) is 12.5. The van der Waals surface area contributed by atoms with Crippen molar-refractivity contribution in [2.45, 2.75) is 25.3 Å². The second-order valence-corrected chi connectivity index (χ2v) is 5.71. The molecule has 2 aliphatic heterocycles. The van der Waals surface area contributed by atoms with Gasteiger partial charge in [0.1, 0.15) is 5.75 Å². The Morgan fingerprint density at radius 3 is 3.24 bits per heavy atom. The number of likely N-dealkylation sites (N-methyl/N-ethyl adjacent to an activating group) is 1. The maximum absolute atomic E-state index is 12.3. The third-order valence-electron chi connectivity index (χ3n) is 4.27. The van der Waals surface area contributed by atoms with E-state index in [2.05, 4.69) is 11.4 Å². The molecule has 4 heteroatoms. The number of rotatable bonds is 3. The molecule has 1 saturated heterocycles. The molecule has 21 heavy (non-hydrogen) atoms. The summed E-state index contributed by atoms with van der Waals surface area (Å²) in [5, 5.41) is 3.26. The zero-order valence-corrected chi connectivity index (χ0v) is 12.5. The second kappa shape index (κ2) is 6.31. The molecule has 1 unspecified atom stereocenters. The van der Waals surface area contributed by atoms with Crippen molar-refractivity contribution in [3.05, 3.63) is 35.4 Å². The van der Waals surface area contributed by atoms with Crippen molar-refractivity contribution >= 4 is 12.0 Å². The van der Waals surface area contributed by atoms with Crippen LogP contribution in [0.25, 0.3) is 6.08 Å². The van der Waals surface area contributed by atoms with Gasteiger partial charge in [-0.05, 0) is 49.2 Å². The Hall–Kier alpha value is -1.81. The summed E-state index contributed by atoms with van der Waals surface area (Å²) in [5.74, 6) is 1.08. The number of hydrogen-bond acceptors (Lipinski definition) is 3. The molecular weight excluding hydrogens is 264 g/mol. The van der Waals surface area contributed by atoms with Gasteiger partial charge in [0.25, 0.3) is 0 Å². The Morgan fingerprint density at radius 1 is 1.48 bits per heavy atom. The molecule has 0 aromatic heterocycles. The number of likely N-dealkylation sites (tertiary alicyclic amines) is 1. The van der Waals surface area contributed by atoms with Gasteiger partial charge in [0.2, 0.25) is 5.91 Å². The van der Waals surface area contributed by atoms with Crippen LogP contribution in [0.4, 0.5) is 0 Å². The van der Waals surface area contributed by atoms with E-state index < -0.39 is 0 Å². The fourth-order valence-electron chi connectivity index (χ4n) is 3.00. The van der Waals surface area contributed by atoms with Crippen LogP contribution in [0.2, 0.25) is 0 Å². The highest BCUT2D eigenvalue weighted by molar-refractivity contribution is 5.91. The number of carbonyl (C=O) groups excluding carboxylic acids is 1. The maximum atomic E-state index is 12.3. The van der Waals surface area contributed by atoms with Crippen LogP contribution in [0.15, 0.2) is 24.3 Å². The van der Waals surface area contributed by atoms with E-state index in [1.807, 2.05) is 30.2 Å². The van der Waals surface area contributed by atoms with Crippen molar-refractivity contribution in [2.75, 3.05) is 26.7 Å². The topological polar surface area (TPSA) is 41.6 Å². The highest BCUT2D eigenvalue weighted by Gasteiger charge is 2.20. The highest BCUT2D eigenvalue weighted by Crippen LogP contribution is 2.26. The molecule has 2 aliphatic rings. The van der Waals surface area contributed by atoms with E-state index in [0.29, 0.717) is 6.04 Å². The van der Waals surface area contributed by atoms with Crippen LogP contribution in [-0.4, -0.2) is 43.6 Å². The number of benzene rings is 1. The van der Waals surface area contributed by atoms with Crippen LogP contribution in [0, 0.1) is 0 Å². The van der Waals surface area contributed by atoms with Gasteiger partial charge in [-0.15, -0.1) is 0 Å². The summed E-state index contributed by atoms with van der Waals surface area (Å²) in [5.41, 5.74) is 2.30. The van der Waals surface area contributed by atoms with Gasteiger partial charge >= 0.3 is 0 Å². The summed E-state index contributed by atoms with van der Waals surface area (Å²) >= 11 is 0. The van der Waals surface area contributed by atoms with Crippen molar-refractivity contribution in [3.63, 3.8) is 0 Å². The quantitative estimate of drug-likeness (QED) is 0.862. The minimum atomic E-state index is 0.103. The summed E-state index contributed by atoms with van der Waals surface area (Å²) in [6.07, 6.45) is 6.77. The minimum absolute atomic E-state index is 0.103. The van der Waals surface area contributed by atoms with E-state index in [4.69, 9.17) is 4.74 Å². The first-order valence-corrected chi connectivity index (χ1v) is 7.66. The largest absolute Gasteiger partial charge is 0.493 e. The average Bonchev–Trinajstić information content (AvgIpc) is 3.00. The normalized spacial score (nSPS) is 21.4. The number of ether oxygens (including phenoxy) is 1. The Morgan fingerprint density at radius 2 is 2.38 bits per heavy atom. The van der Waals surface area contributed by atoms with Gasteiger partial charge in [-0.2, -0.15) is 0 Å². The second-order valence-electron chi connectivity index (χ2n) is 5.71. The minimum Gasteiger partial charge on any atom is -0.493 e. The monoisotopic (exact) mass is 286 g/mol. The van der Waals surface area contributed by atoms with Crippen LogP contribution in [0.5, 0.6) is 5.75 Å². The molecule has 2 heterocycles. The lowest BCUT2D eigenvalue weighted by Crippen LogP contribution is -2.46. The molecule has 0 bridgehead atoms. The van der Waals surface area contributed by atoms with Crippen molar-refractivity contribution in [2.24, 2.45) is 0 Å². The van der Waals surface area contributed by atoms with Gasteiger partial charge in [0, 0.05) is 31.6 Å².